The lowest BCUT2D eigenvalue weighted by Crippen LogP contribution is -2.48. The summed E-state index contributed by atoms with van der Waals surface area (Å²) < 4.78 is 44.8. The minimum Gasteiger partial charge on any atom is -0.481 e. The van der Waals surface area contributed by atoms with Gasteiger partial charge in [-0.3, -0.25) is 4.79 Å². The molecule has 2 amide bonds. The Hall–Kier alpha value is -1.51. The van der Waals surface area contributed by atoms with E-state index in [1.54, 1.807) is 0 Å². The first-order valence-corrected chi connectivity index (χ1v) is 8.66. The van der Waals surface area contributed by atoms with Gasteiger partial charge in [-0.2, -0.15) is 13.2 Å². The summed E-state index contributed by atoms with van der Waals surface area (Å²) in [5.74, 6) is -4.90. The smallest absolute Gasteiger partial charge is 0.394 e. The molecular weight excluding hydrogens is 341 g/mol. The van der Waals surface area contributed by atoms with E-state index in [-0.39, 0.29) is 11.5 Å². The number of hydrogen-bond acceptors (Lipinski definition) is 3. The van der Waals surface area contributed by atoms with Crippen LogP contribution in [0.5, 0.6) is 0 Å². The van der Waals surface area contributed by atoms with Crippen LogP contribution in [0.3, 0.4) is 0 Å². The lowest BCUT2D eigenvalue weighted by molar-refractivity contribution is -0.187. The van der Waals surface area contributed by atoms with Gasteiger partial charge in [0.25, 0.3) is 0 Å². The van der Waals surface area contributed by atoms with Gasteiger partial charge in [0.1, 0.15) is 0 Å². The summed E-state index contributed by atoms with van der Waals surface area (Å²) in [5.41, 5.74) is -0.0585. The Morgan fingerprint density at radius 1 is 1.28 bits per heavy atom. The SMILES string of the molecule is O=C(O)[C@@H]1CN(C(=O)NCC2CCOC3(CCC3)C2)C[C@H]1C(F)(F)F. The van der Waals surface area contributed by atoms with Crippen LogP contribution in [0.15, 0.2) is 0 Å². The number of nitrogens with zero attached hydrogens (tertiary/aromatic N) is 1. The summed E-state index contributed by atoms with van der Waals surface area (Å²) in [5, 5.41) is 11.7. The molecule has 0 aromatic carbocycles. The number of carboxylic acids is 1. The molecule has 0 bridgehead atoms. The second-order valence-electron chi connectivity index (χ2n) is 7.43. The number of nitrogens with one attached hydrogen (secondary N) is 1. The van der Waals surface area contributed by atoms with Crippen molar-refractivity contribution >= 4 is 12.0 Å². The van der Waals surface area contributed by atoms with E-state index in [2.05, 4.69) is 5.32 Å². The monoisotopic (exact) mass is 364 g/mol. The zero-order valence-corrected chi connectivity index (χ0v) is 13.8. The summed E-state index contributed by atoms with van der Waals surface area (Å²) in [6, 6.07) is -0.618. The summed E-state index contributed by atoms with van der Waals surface area (Å²) in [6.07, 6.45) is 0.229. The third-order valence-corrected chi connectivity index (χ3v) is 5.75. The van der Waals surface area contributed by atoms with Gasteiger partial charge in [0, 0.05) is 26.2 Å². The highest BCUT2D eigenvalue weighted by Gasteiger charge is 2.53. The number of amides is 2. The molecule has 2 N–H and O–H groups in total. The molecule has 9 heteroatoms. The molecule has 25 heavy (non-hydrogen) atoms. The Bertz CT molecular complexity index is 536. The fourth-order valence-corrected chi connectivity index (χ4v) is 4.12. The molecule has 0 aromatic rings. The molecule has 1 spiro atoms. The molecule has 142 valence electrons. The molecule has 2 aliphatic heterocycles. The van der Waals surface area contributed by atoms with Crippen molar-refractivity contribution < 1.29 is 32.6 Å². The van der Waals surface area contributed by atoms with Crippen LogP contribution >= 0.6 is 0 Å². The number of halogens is 3. The average molecular weight is 364 g/mol. The number of rotatable bonds is 3. The number of aliphatic carboxylic acids is 1. The van der Waals surface area contributed by atoms with Crippen molar-refractivity contribution in [1.29, 1.82) is 0 Å². The topological polar surface area (TPSA) is 78.9 Å². The van der Waals surface area contributed by atoms with Crippen LogP contribution in [0.4, 0.5) is 18.0 Å². The van der Waals surface area contributed by atoms with E-state index in [0.717, 1.165) is 37.0 Å². The van der Waals surface area contributed by atoms with E-state index >= 15 is 0 Å². The number of alkyl halides is 3. The fourth-order valence-electron chi connectivity index (χ4n) is 4.12. The maximum absolute atomic E-state index is 13.0. The number of carboxylic acid groups (broad SMARTS) is 1. The van der Waals surface area contributed by atoms with Gasteiger partial charge in [-0.05, 0) is 38.0 Å². The van der Waals surface area contributed by atoms with Crippen molar-refractivity contribution in [3.8, 4) is 0 Å². The van der Waals surface area contributed by atoms with Gasteiger partial charge in [0.05, 0.1) is 17.4 Å². The lowest BCUT2D eigenvalue weighted by Gasteiger charge is -2.47. The van der Waals surface area contributed by atoms with Crippen molar-refractivity contribution in [1.82, 2.24) is 10.2 Å². The van der Waals surface area contributed by atoms with Crippen LogP contribution in [0.2, 0.25) is 0 Å². The molecular formula is C16H23F3N2O4. The molecule has 1 saturated carbocycles. The molecule has 3 fully saturated rings. The molecule has 0 radical (unpaired) electrons. The Morgan fingerprint density at radius 2 is 2.00 bits per heavy atom. The normalized spacial score (nSPS) is 31.6. The van der Waals surface area contributed by atoms with Crippen LogP contribution in [0.1, 0.15) is 32.1 Å². The van der Waals surface area contributed by atoms with Crippen LogP contribution in [-0.4, -0.2) is 60.0 Å². The first-order valence-electron chi connectivity index (χ1n) is 8.66. The molecule has 1 aliphatic carbocycles. The third kappa shape index (κ3) is 3.86. The van der Waals surface area contributed by atoms with Gasteiger partial charge in [0.15, 0.2) is 0 Å². The quantitative estimate of drug-likeness (QED) is 0.805. The van der Waals surface area contributed by atoms with Crippen LogP contribution in [0.25, 0.3) is 0 Å². The number of carbonyl (C=O) groups excluding carboxylic acids is 1. The van der Waals surface area contributed by atoms with E-state index in [9.17, 15) is 22.8 Å². The molecule has 2 saturated heterocycles. The van der Waals surface area contributed by atoms with Gasteiger partial charge < -0.3 is 20.1 Å². The molecule has 3 rings (SSSR count). The number of carbonyl (C=O) groups is 2. The number of hydrogen-bond donors (Lipinski definition) is 2. The Labute approximate surface area is 143 Å². The number of likely N-dealkylation sites (tertiary alicyclic amines) is 1. The van der Waals surface area contributed by atoms with E-state index in [1.165, 1.54) is 0 Å². The highest BCUT2D eigenvalue weighted by Crippen LogP contribution is 2.44. The number of ether oxygens (including phenoxy) is 1. The summed E-state index contributed by atoms with van der Waals surface area (Å²) in [6.45, 7) is 0.00340. The molecule has 2 heterocycles. The minimum atomic E-state index is -4.63. The Morgan fingerprint density at radius 3 is 2.52 bits per heavy atom. The van der Waals surface area contributed by atoms with Gasteiger partial charge >= 0.3 is 18.2 Å². The van der Waals surface area contributed by atoms with Gasteiger partial charge in [-0.1, -0.05) is 0 Å². The van der Waals surface area contributed by atoms with Gasteiger partial charge in [-0.25, -0.2) is 4.79 Å². The highest BCUT2D eigenvalue weighted by atomic mass is 19.4. The molecule has 0 aromatic heterocycles. The fraction of sp³-hybridized carbons (Fsp3) is 0.875. The maximum Gasteiger partial charge on any atom is 0.394 e. The molecule has 3 aliphatic rings. The van der Waals surface area contributed by atoms with E-state index in [1.807, 2.05) is 0 Å². The van der Waals surface area contributed by atoms with Crippen LogP contribution in [-0.2, 0) is 9.53 Å². The number of urea groups is 1. The van der Waals surface area contributed by atoms with Crippen LogP contribution < -0.4 is 5.32 Å². The van der Waals surface area contributed by atoms with Gasteiger partial charge in [0.2, 0.25) is 0 Å². The minimum absolute atomic E-state index is 0.0585. The summed E-state index contributed by atoms with van der Waals surface area (Å²) >= 11 is 0. The van der Waals surface area contributed by atoms with Crippen molar-refractivity contribution in [3.05, 3.63) is 0 Å². The largest absolute Gasteiger partial charge is 0.481 e. The van der Waals surface area contributed by atoms with E-state index < -0.39 is 43.1 Å². The zero-order chi connectivity index (χ0) is 18.2. The van der Waals surface area contributed by atoms with E-state index in [4.69, 9.17) is 9.84 Å². The van der Waals surface area contributed by atoms with Crippen molar-refractivity contribution in [2.75, 3.05) is 26.2 Å². The predicted molar refractivity (Wildman–Crippen MR) is 80.9 cm³/mol. The first-order chi connectivity index (χ1) is 11.7. The van der Waals surface area contributed by atoms with E-state index in [0.29, 0.717) is 13.2 Å². The molecule has 6 nitrogen and oxygen atoms in total. The van der Waals surface area contributed by atoms with Gasteiger partial charge in [-0.15, -0.1) is 0 Å². The van der Waals surface area contributed by atoms with Crippen molar-refractivity contribution in [2.24, 2.45) is 17.8 Å². The van der Waals surface area contributed by atoms with Crippen molar-refractivity contribution in [3.63, 3.8) is 0 Å². The zero-order valence-electron chi connectivity index (χ0n) is 13.8. The third-order valence-electron chi connectivity index (χ3n) is 5.75. The summed E-state index contributed by atoms with van der Waals surface area (Å²) in [7, 11) is 0. The maximum atomic E-state index is 13.0. The molecule has 1 unspecified atom stereocenters. The Kier molecular flexibility index (Phi) is 4.87. The predicted octanol–water partition coefficient (Wildman–Crippen LogP) is 2.24. The molecule has 3 atom stereocenters. The summed E-state index contributed by atoms with van der Waals surface area (Å²) in [4.78, 5) is 24.2. The van der Waals surface area contributed by atoms with Crippen LogP contribution in [0, 0.1) is 17.8 Å². The highest BCUT2D eigenvalue weighted by molar-refractivity contribution is 5.77. The average Bonchev–Trinajstić information content (AvgIpc) is 2.97. The second-order valence-corrected chi connectivity index (χ2v) is 7.43. The Balaban J connectivity index is 1.52. The van der Waals surface area contributed by atoms with Crippen molar-refractivity contribution in [2.45, 2.75) is 43.9 Å². The lowest BCUT2D eigenvalue weighted by atomic mass is 9.72. The first kappa shape index (κ1) is 18.3. The standard InChI is InChI=1S/C16H23F3N2O4/c17-16(18,19)12-9-21(8-11(12)13(22)23)14(24)20-7-10-2-5-25-15(6-10)3-1-4-15/h10-12H,1-9H2,(H,20,24)(H,22,23)/t10?,11-,12-/m1/s1. The second kappa shape index (κ2) is 6.66.